The molecule has 0 spiro atoms. The molecule has 0 fully saturated rings. The molecule has 0 saturated heterocycles. The van der Waals surface area contributed by atoms with Crippen molar-refractivity contribution in [3.63, 3.8) is 0 Å². The van der Waals surface area contributed by atoms with Crippen molar-refractivity contribution in [3.8, 4) is 5.75 Å². The van der Waals surface area contributed by atoms with Crippen molar-refractivity contribution >= 4 is 11.6 Å². The summed E-state index contributed by atoms with van der Waals surface area (Å²) in [4.78, 5) is 3.49. The monoisotopic (exact) mass is 226 g/mol. The van der Waals surface area contributed by atoms with Crippen molar-refractivity contribution in [2.75, 3.05) is 0 Å². The first-order valence-corrected chi connectivity index (χ1v) is 3.90. The fourth-order valence-corrected chi connectivity index (χ4v) is 0.918. The summed E-state index contributed by atoms with van der Waals surface area (Å²) in [6.07, 6.45) is -3.50. The number of hydrogen-bond acceptors (Lipinski definition) is 3. The number of nitrogens with two attached hydrogens (primary N) is 1. The Morgan fingerprint density at radius 2 is 2.14 bits per heavy atom. The van der Waals surface area contributed by atoms with Gasteiger partial charge in [0.2, 0.25) is 0 Å². The zero-order chi connectivity index (χ0) is 10.8. The van der Waals surface area contributed by atoms with Gasteiger partial charge >= 0.3 is 6.36 Å². The molecular weight excluding hydrogens is 221 g/mol. The second kappa shape index (κ2) is 4.02. The van der Waals surface area contributed by atoms with Crippen molar-refractivity contribution in [2.24, 2.45) is 5.73 Å². The zero-order valence-corrected chi connectivity index (χ0v) is 7.56. The molecule has 0 aromatic carbocycles. The highest BCUT2D eigenvalue weighted by Crippen LogP contribution is 2.28. The van der Waals surface area contributed by atoms with Crippen LogP contribution in [0.5, 0.6) is 5.75 Å². The van der Waals surface area contributed by atoms with E-state index in [0.717, 1.165) is 6.07 Å². The third kappa shape index (κ3) is 3.04. The van der Waals surface area contributed by atoms with Crippen LogP contribution in [0.3, 0.4) is 0 Å². The Morgan fingerprint density at radius 1 is 1.50 bits per heavy atom. The Labute approximate surface area is 82.6 Å². The Morgan fingerprint density at radius 3 is 2.64 bits per heavy atom. The highest BCUT2D eigenvalue weighted by atomic mass is 35.5. The molecule has 0 aliphatic heterocycles. The minimum Gasteiger partial charge on any atom is -0.402 e. The van der Waals surface area contributed by atoms with E-state index in [2.05, 4.69) is 9.72 Å². The van der Waals surface area contributed by atoms with Crippen molar-refractivity contribution in [1.82, 2.24) is 4.98 Å². The average molecular weight is 227 g/mol. The van der Waals surface area contributed by atoms with Gasteiger partial charge in [-0.05, 0) is 11.6 Å². The molecule has 7 heteroatoms. The molecule has 14 heavy (non-hydrogen) atoms. The quantitative estimate of drug-likeness (QED) is 0.786. The van der Waals surface area contributed by atoms with Gasteiger partial charge in [0.25, 0.3) is 0 Å². The summed E-state index contributed by atoms with van der Waals surface area (Å²) in [6.45, 7) is 0.0678. The van der Waals surface area contributed by atoms with Gasteiger partial charge in [0.1, 0.15) is 0 Å². The highest BCUT2D eigenvalue weighted by molar-refractivity contribution is 6.30. The van der Waals surface area contributed by atoms with Crippen molar-refractivity contribution in [1.29, 1.82) is 0 Å². The van der Waals surface area contributed by atoms with Crippen molar-refractivity contribution < 1.29 is 17.9 Å². The topological polar surface area (TPSA) is 48.1 Å². The highest BCUT2D eigenvalue weighted by Gasteiger charge is 2.32. The molecule has 78 valence electrons. The van der Waals surface area contributed by atoms with Crippen LogP contribution in [0.1, 0.15) is 5.56 Å². The van der Waals surface area contributed by atoms with Gasteiger partial charge in [-0.3, -0.25) is 0 Å². The summed E-state index contributed by atoms with van der Waals surface area (Å²) in [5, 5.41) is -0.348. The molecule has 0 atom stereocenters. The molecule has 0 unspecified atom stereocenters. The first kappa shape index (κ1) is 11.1. The number of rotatable bonds is 2. The molecule has 0 radical (unpaired) electrons. The van der Waals surface area contributed by atoms with Crippen LogP contribution in [-0.2, 0) is 6.54 Å². The number of nitrogens with zero attached hydrogens (tertiary/aromatic N) is 1. The predicted octanol–water partition coefficient (Wildman–Crippen LogP) is 2.09. The van der Waals surface area contributed by atoms with Gasteiger partial charge in [-0.25, -0.2) is 4.98 Å². The number of alkyl halides is 3. The van der Waals surface area contributed by atoms with E-state index in [0.29, 0.717) is 5.56 Å². The molecule has 0 saturated carbocycles. The minimum absolute atomic E-state index is 0.0678. The predicted molar refractivity (Wildman–Crippen MR) is 43.8 cm³/mol. The lowest BCUT2D eigenvalue weighted by molar-refractivity contribution is -0.274. The maximum absolute atomic E-state index is 11.8. The average Bonchev–Trinajstić information content (AvgIpc) is 2.06. The molecule has 2 N–H and O–H groups in total. The van der Waals surface area contributed by atoms with Crippen LogP contribution in [0.15, 0.2) is 12.3 Å². The van der Waals surface area contributed by atoms with Gasteiger partial charge in [0.05, 0.1) is 0 Å². The van der Waals surface area contributed by atoms with E-state index >= 15 is 0 Å². The lowest BCUT2D eigenvalue weighted by Gasteiger charge is -2.10. The lowest BCUT2D eigenvalue weighted by Crippen LogP contribution is -2.17. The second-order valence-corrected chi connectivity index (χ2v) is 2.74. The van der Waals surface area contributed by atoms with E-state index in [-0.39, 0.29) is 11.7 Å². The van der Waals surface area contributed by atoms with Crippen molar-refractivity contribution in [3.05, 3.63) is 23.0 Å². The van der Waals surface area contributed by atoms with Crippen LogP contribution < -0.4 is 10.5 Å². The Balaban J connectivity index is 2.95. The molecule has 1 rings (SSSR count). The van der Waals surface area contributed by atoms with E-state index in [1.807, 2.05) is 0 Å². The van der Waals surface area contributed by atoms with Gasteiger partial charge in [-0.15, -0.1) is 13.2 Å². The van der Waals surface area contributed by atoms with E-state index in [4.69, 9.17) is 17.3 Å². The number of ether oxygens (including phenoxy) is 1. The first-order valence-electron chi connectivity index (χ1n) is 3.52. The Bertz CT molecular complexity index is 329. The third-order valence-electron chi connectivity index (χ3n) is 1.32. The van der Waals surface area contributed by atoms with Crippen molar-refractivity contribution in [2.45, 2.75) is 12.9 Å². The minimum atomic E-state index is -4.78. The Hall–Kier alpha value is -1.01. The van der Waals surface area contributed by atoms with E-state index in [9.17, 15) is 13.2 Å². The summed E-state index contributed by atoms with van der Waals surface area (Å²) in [5.74, 6) is -0.540. The SMILES string of the molecule is NCc1cnc(Cl)c(OC(F)(F)F)c1. The summed E-state index contributed by atoms with van der Waals surface area (Å²) in [6, 6.07) is 1.10. The van der Waals surface area contributed by atoms with Gasteiger partial charge in [0, 0.05) is 12.7 Å². The fraction of sp³-hybridized carbons (Fsp3) is 0.286. The molecule has 0 amide bonds. The van der Waals surface area contributed by atoms with Crippen LogP contribution >= 0.6 is 11.6 Å². The van der Waals surface area contributed by atoms with Crippen LogP contribution in [-0.4, -0.2) is 11.3 Å². The maximum atomic E-state index is 11.8. The fourth-order valence-electron chi connectivity index (χ4n) is 0.776. The standard InChI is InChI=1S/C7H6ClF3N2O/c8-6-5(14-7(9,10)11)1-4(2-12)3-13-6/h1,3H,2,12H2. The zero-order valence-electron chi connectivity index (χ0n) is 6.81. The van der Waals surface area contributed by atoms with E-state index < -0.39 is 12.1 Å². The van der Waals surface area contributed by atoms with Crippen LogP contribution in [0, 0.1) is 0 Å². The van der Waals surface area contributed by atoms with Crippen LogP contribution in [0.2, 0.25) is 5.15 Å². The van der Waals surface area contributed by atoms with E-state index in [1.165, 1.54) is 6.20 Å². The number of halogens is 4. The van der Waals surface area contributed by atoms with Gasteiger partial charge < -0.3 is 10.5 Å². The second-order valence-electron chi connectivity index (χ2n) is 2.38. The Kier molecular flexibility index (Phi) is 3.17. The van der Waals surface area contributed by atoms with E-state index in [1.54, 1.807) is 0 Å². The third-order valence-corrected chi connectivity index (χ3v) is 1.61. The molecule has 1 aromatic rings. The van der Waals surface area contributed by atoms with Gasteiger partial charge in [0.15, 0.2) is 10.9 Å². The normalized spacial score (nSPS) is 11.5. The molecule has 0 aliphatic rings. The molecule has 0 bridgehead atoms. The number of aromatic nitrogens is 1. The lowest BCUT2D eigenvalue weighted by atomic mass is 10.3. The summed E-state index contributed by atoms with van der Waals surface area (Å²) in [7, 11) is 0. The number of pyridine rings is 1. The molecule has 3 nitrogen and oxygen atoms in total. The smallest absolute Gasteiger partial charge is 0.402 e. The summed E-state index contributed by atoms with van der Waals surface area (Å²) in [5.41, 5.74) is 5.62. The summed E-state index contributed by atoms with van der Waals surface area (Å²) < 4.78 is 39.1. The molecule has 0 aliphatic carbocycles. The van der Waals surface area contributed by atoms with Crippen LogP contribution in [0.25, 0.3) is 0 Å². The van der Waals surface area contributed by atoms with Gasteiger partial charge in [-0.1, -0.05) is 11.6 Å². The molecule has 1 heterocycles. The first-order chi connectivity index (χ1) is 6.42. The van der Waals surface area contributed by atoms with Crippen LogP contribution in [0.4, 0.5) is 13.2 Å². The van der Waals surface area contributed by atoms with Gasteiger partial charge in [-0.2, -0.15) is 0 Å². The molecular formula is C7H6ClF3N2O. The summed E-state index contributed by atoms with van der Waals surface area (Å²) >= 11 is 5.38. The number of hydrogen-bond donors (Lipinski definition) is 1. The molecule has 1 aromatic heterocycles. The maximum Gasteiger partial charge on any atom is 0.573 e. The largest absolute Gasteiger partial charge is 0.573 e.